The fraction of sp³-hybridized carbons (Fsp3) is 0.286. The molecule has 0 saturated carbocycles. The largest absolute Gasteiger partial charge is 0.574 e. The summed E-state index contributed by atoms with van der Waals surface area (Å²) in [6.45, 7) is -0.634. The number of halogens is 4. The highest BCUT2D eigenvalue weighted by molar-refractivity contribution is 5.18. The molecule has 1 N–H and O–H groups in total. The van der Waals surface area contributed by atoms with Gasteiger partial charge in [0.25, 0.3) is 0 Å². The summed E-state index contributed by atoms with van der Waals surface area (Å²) in [5.41, 5.74) is -0.195. The van der Waals surface area contributed by atoms with Crippen molar-refractivity contribution < 1.29 is 27.4 Å². The highest BCUT2D eigenvalue weighted by Crippen LogP contribution is 2.21. The zero-order valence-corrected chi connectivity index (χ0v) is 6.68. The fourth-order valence-corrected chi connectivity index (χ4v) is 0.740. The van der Waals surface area contributed by atoms with E-state index in [1.54, 1.807) is 0 Å². The lowest BCUT2D eigenvalue weighted by Gasteiger charge is -2.08. The van der Waals surface area contributed by atoms with Crippen LogP contribution in [0.4, 0.5) is 17.6 Å². The van der Waals surface area contributed by atoms with Crippen LogP contribution in [-0.4, -0.2) is 16.5 Å². The molecule has 3 nitrogen and oxygen atoms in total. The number of nitrogens with zero attached hydrogens (tertiary/aromatic N) is 1. The number of aromatic nitrogens is 1. The van der Waals surface area contributed by atoms with Gasteiger partial charge in [0.1, 0.15) is 0 Å². The molecule has 0 aliphatic heterocycles. The lowest BCUT2D eigenvalue weighted by Crippen LogP contribution is -2.18. The molecular weight excluding hydrogens is 206 g/mol. The fourth-order valence-electron chi connectivity index (χ4n) is 0.740. The minimum Gasteiger partial charge on any atom is -0.392 e. The van der Waals surface area contributed by atoms with E-state index >= 15 is 0 Å². The molecule has 1 aromatic rings. The van der Waals surface area contributed by atoms with Crippen LogP contribution in [0, 0.1) is 5.95 Å². The first-order chi connectivity index (χ1) is 6.42. The Balaban J connectivity index is 2.87. The summed E-state index contributed by atoms with van der Waals surface area (Å²) in [4.78, 5) is 2.86. The van der Waals surface area contributed by atoms with Crippen LogP contribution in [-0.2, 0) is 6.61 Å². The Morgan fingerprint density at radius 1 is 1.36 bits per heavy atom. The van der Waals surface area contributed by atoms with Crippen molar-refractivity contribution >= 4 is 0 Å². The van der Waals surface area contributed by atoms with Crippen LogP contribution in [0.5, 0.6) is 5.88 Å². The summed E-state index contributed by atoms with van der Waals surface area (Å²) in [6, 6.07) is 1.78. The molecule has 1 heterocycles. The van der Waals surface area contributed by atoms with Gasteiger partial charge in [-0.2, -0.15) is 9.37 Å². The zero-order chi connectivity index (χ0) is 10.8. The Hall–Kier alpha value is -1.37. The van der Waals surface area contributed by atoms with Gasteiger partial charge in [0, 0.05) is 11.6 Å². The third-order valence-electron chi connectivity index (χ3n) is 1.29. The first-order valence-electron chi connectivity index (χ1n) is 3.44. The van der Waals surface area contributed by atoms with Gasteiger partial charge in [-0.3, -0.25) is 0 Å². The van der Waals surface area contributed by atoms with E-state index in [9.17, 15) is 17.6 Å². The molecule has 0 aliphatic rings. The van der Waals surface area contributed by atoms with Crippen LogP contribution < -0.4 is 4.74 Å². The van der Waals surface area contributed by atoms with Crippen molar-refractivity contribution in [1.82, 2.24) is 4.98 Å². The summed E-state index contributed by atoms with van der Waals surface area (Å²) < 4.78 is 50.9. The van der Waals surface area contributed by atoms with E-state index in [1.165, 1.54) is 0 Å². The van der Waals surface area contributed by atoms with Gasteiger partial charge in [-0.05, 0) is 6.07 Å². The molecule has 0 radical (unpaired) electrons. The third kappa shape index (κ3) is 2.84. The first kappa shape index (κ1) is 10.7. The SMILES string of the molecule is OCc1ccc(OC(F)(F)F)nc1F. The summed E-state index contributed by atoms with van der Waals surface area (Å²) in [6.07, 6.45) is -4.90. The summed E-state index contributed by atoms with van der Waals surface area (Å²) in [7, 11) is 0. The lowest BCUT2D eigenvalue weighted by atomic mass is 10.3. The van der Waals surface area contributed by atoms with Crippen molar-refractivity contribution in [3.63, 3.8) is 0 Å². The number of hydrogen-bond donors (Lipinski definition) is 1. The zero-order valence-electron chi connectivity index (χ0n) is 6.68. The molecule has 78 valence electrons. The van der Waals surface area contributed by atoms with E-state index < -0.39 is 24.8 Å². The molecule has 0 aliphatic carbocycles. The molecule has 0 amide bonds. The number of aliphatic hydroxyl groups excluding tert-OH is 1. The van der Waals surface area contributed by atoms with E-state index in [1.807, 2.05) is 0 Å². The van der Waals surface area contributed by atoms with E-state index in [0.29, 0.717) is 0 Å². The quantitative estimate of drug-likeness (QED) is 0.596. The van der Waals surface area contributed by atoms with Gasteiger partial charge in [0.2, 0.25) is 11.8 Å². The molecule has 0 atom stereocenters. The molecule has 0 unspecified atom stereocenters. The average molecular weight is 211 g/mol. The summed E-state index contributed by atoms with van der Waals surface area (Å²) >= 11 is 0. The monoisotopic (exact) mass is 211 g/mol. The van der Waals surface area contributed by atoms with E-state index in [2.05, 4.69) is 9.72 Å². The van der Waals surface area contributed by atoms with E-state index in [-0.39, 0.29) is 5.56 Å². The normalized spacial score (nSPS) is 11.5. The van der Waals surface area contributed by atoms with E-state index in [4.69, 9.17) is 5.11 Å². The van der Waals surface area contributed by atoms with Crippen molar-refractivity contribution in [1.29, 1.82) is 0 Å². The number of rotatable bonds is 2. The predicted octanol–water partition coefficient (Wildman–Crippen LogP) is 1.61. The lowest BCUT2D eigenvalue weighted by molar-refractivity contribution is -0.276. The van der Waals surface area contributed by atoms with Gasteiger partial charge >= 0.3 is 6.36 Å². The Morgan fingerprint density at radius 3 is 2.43 bits per heavy atom. The Bertz CT molecular complexity index is 326. The summed E-state index contributed by atoms with van der Waals surface area (Å²) in [5, 5.41) is 8.50. The highest BCUT2D eigenvalue weighted by Gasteiger charge is 2.32. The van der Waals surface area contributed by atoms with Crippen molar-refractivity contribution in [2.24, 2.45) is 0 Å². The maximum atomic E-state index is 12.7. The second-order valence-electron chi connectivity index (χ2n) is 2.31. The Morgan fingerprint density at radius 2 is 2.00 bits per heavy atom. The second-order valence-corrected chi connectivity index (χ2v) is 2.31. The van der Waals surface area contributed by atoms with Crippen LogP contribution in [0.1, 0.15) is 5.56 Å². The topological polar surface area (TPSA) is 42.4 Å². The highest BCUT2D eigenvalue weighted by atomic mass is 19.4. The van der Waals surface area contributed by atoms with Gasteiger partial charge < -0.3 is 9.84 Å². The minimum atomic E-state index is -4.90. The molecule has 0 bridgehead atoms. The molecular formula is C7H5F4NO2. The smallest absolute Gasteiger partial charge is 0.392 e. The first-order valence-corrected chi connectivity index (χ1v) is 3.44. The van der Waals surface area contributed by atoms with Crippen molar-refractivity contribution in [2.45, 2.75) is 13.0 Å². The third-order valence-corrected chi connectivity index (χ3v) is 1.29. The van der Waals surface area contributed by atoms with Crippen LogP contribution in [0.15, 0.2) is 12.1 Å². The van der Waals surface area contributed by atoms with Crippen molar-refractivity contribution in [2.75, 3.05) is 0 Å². The Labute approximate surface area is 76.0 Å². The van der Waals surface area contributed by atoms with Gasteiger partial charge in [0.15, 0.2) is 0 Å². The molecule has 0 saturated heterocycles. The van der Waals surface area contributed by atoms with Crippen molar-refractivity contribution in [3.05, 3.63) is 23.6 Å². The molecule has 0 spiro atoms. The molecule has 0 fully saturated rings. The Kier molecular flexibility index (Phi) is 2.90. The van der Waals surface area contributed by atoms with Crippen LogP contribution >= 0.6 is 0 Å². The van der Waals surface area contributed by atoms with Crippen LogP contribution in [0.25, 0.3) is 0 Å². The van der Waals surface area contributed by atoms with Crippen molar-refractivity contribution in [3.8, 4) is 5.88 Å². The summed E-state index contributed by atoms with van der Waals surface area (Å²) in [5.74, 6) is -2.08. The number of alkyl halides is 3. The molecule has 7 heteroatoms. The number of hydrogen-bond acceptors (Lipinski definition) is 3. The minimum absolute atomic E-state index is 0.195. The van der Waals surface area contributed by atoms with Crippen LogP contribution in [0.3, 0.4) is 0 Å². The maximum Gasteiger partial charge on any atom is 0.574 e. The van der Waals surface area contributed by atoms with Gasteiger partial charge in [-0.25, -0.2) is 0 Å². The number of pyridine rings is 1. The molecule has 14 heavy (non-hydrogen) atoms. The van der Waals surface area contributed by atoms with E-state index in [0.717, 1.165) is 12.1 Å². The maximum absolute atomic E-state index is 12.7. The van der Waals surface area contributed by atoms with Gasteiger partial charge in [-0.15, -0.1) is 13.2 Å². The predicted molar refractivity (Wildman–Crippen MR) is 36.8 cm³/mol. The van der Waals surface area contributed by atoms with Gasteiger partial charge in [-0.1, -0.05) is 0 Å². The molecule has 1 aromatic heterocycles. The second kappa shape index (κ2) is 3.79. The average Bonchev–Trinajstić information content (AvgIpc) is 2.01. The number of ether oxygens (including phenoxy) is 1. The molecule has 1 rings (SSSR count). The van der Waals surface area contributed by atoms with Crippen LogP contribution in [0.2, 0.25) is 0 Å². The van der Waals surface area contributed by atoms with Gasteiger partial charge in [0.05, 0.1) is 6.61 Å². The molecule has 0 aromatic carbocycles. The number of aliphatic hydroxyl groups is 1. The standard InChI is InChI=1S/C7H5F4NO2/c8-6-4(3-13)1-2-5(12-6)14-7(9,10)11/h1-2,13H,3H2.